The maximum absolute atomic E-state index is 12.9. The van der Waals surface area contributed by atoms with Crippen LogP contribution in [0.4, 0.5) is 4.39 Å². The molecule has 0 bridgehead atoms. The van der Waals surface area contributed by atoms with Crippen LogP contribution in [0.15, 0.2) is 18.2 Å². The van der Waals surface area contributed by atoms with Crippen molar-refractivity contribution in [1.29, 1.82) is 0 Å². The third kappa shape index (κ3) is 2.61. The molecule has 1 aliphatic rings. The van der Waals surface area contributed by atoms with Crippen LogP contribution in [0.2, 0.25) is 0 Å². The highest BCUT2D eigenvalue weighted by Gasteiger charge is 2.27. The molecule has 2 atom stereocenters. The zero-order valence-electron chi connectivity index (χ0n) is 10.3. The maximum atomic E-state index is 12.9. The fourth-order valence-electron chi connectivity index (χ4n) is 2.42. The molecule has 2 rings (SSSR count). The van der Waals surface area contributed by atoms with Gasteiger partial charge in [0, 0.05) is 25.2 Å². The number of hydrogen-bond donors (Lipinski definition) is 2. The van der Waals surface area contributed by atoms with Gasteiger partial charge in [-0.25, -0.2) is 4.39 Å². The number of carbonyl (C=O) groups is 1. The van der Waals surface area contributed by atoms with E-state index in [2.05, 4.69) is 0 Å². The molecule has 1 amide bonds. The van der Waals surface area contributed by atoms with Gasteiger partial charge in [-0.05, 0) is 24.5 Å². The van der Waals surface area contributed by atoms with Crippen LogP contribution in [0.5, 0.6) is 5.75 Å². The summed E-state index contributed by atoms with van der Waals surface area (Å²) in [6.45, 7) is 3.12. The summed E-state index contributed by atoms with van der Waals surface area (Å²) in [5.41, 5.74) is 6.00. The molecule has 0 saturated carbocycles. The van der Waals surface area contributed by atoms with Gasteiger partial charge < -0.3 is 15.7 Å². The van der Waals surface area contributed by atoms with Gasteiger partial charge in [0.1, 0.15) is 11.6 Å². The normalized spacial score (nSPS) is 24.1. The summed E-state index contributed by atoms with van der Waals surface area (Å²) < 4.78 is 12.9. The predicted octanol–water partition coefficient (Wildman–Crippen LogP) is 1.34. The number of nitrogens with two attached hydrogens (primary N) is 1. The van der Waals surface area contributed by atoms with E-state index in [1.165, 1.54) is 12.1 Å². The van der Waals surface area contributed by atoms with Crippen LogP contribution in [-0.4, -0.2) is 35.0 Å². The van der Waals surface area contributed by atoms with E-state index >= 15 is 0 Å². The Balaban J connectivity index is 2.20. The maximum Gasteiger partial charge on any atom is 0.257 e. The average molecular weight is 252 g/mol. The van der Waals surface area contributed by atoms with Crippen molar-refractivity contribution in [1.82, 2.24) is 4.90 Å². The van der Waals surface area contributed by atoms with Gasteiger partial charge in [-0.2, -0.15) is 0 Å². The summed E-state index contributed by atoms with van der Waals surface area (Å²) in [6.07, 6.45) is 0.888. The van der Waals surface area contributed by atoms with Crippen LogP contribution in [-0.2, 0) is 0 Å². The number of carbonyl (C=O) groups excluding carboxylic acids is 1. The number of rotatable bonds is 1. The third-order valence-corrected chi connectivity index (χ3v) is 3.17. The number of halogens is 1. The number of nitrogens with zero attached hydrogens (tertiary/aromatic N) is 1. The Kier molecular flexibility index (Phi) is 3.52. The van der Waals surface area contributed by atoms with Crippen molar-refractivity contribution in [2.75, 3.05) is 13.1 Å². The second kappa shape index (κ2) is 4.94. The molecule has 5 heteroatoms. The molecular weight excluding hydrogens is 235 g/mol. The molecule has 3 N–H and O–H groups in total. The molecular formula is C13H17FN2O2. The molecule has 1 saturated heterocycles. The first kappa shape index (κ1) is 12.8. The lowest BCUT2D eigenvalue weighted by Gasteiger charge is -2.34. The molecule has 0 aliphatic carbocycles. The van der Waals surface area contributed by atoms with Gasteiger partial charge in [-0.3, -0.25) is 4.79 Å². The van der Waals surface area contributed by atoms with E-state index in [9.17, 15) is 14.3 Å². The fourth-order valence-corrected chi connectivity index (χ4v) is 2.42. The van der Waals surface area contributed by atoms with Gasteiger partial charge in [-0.15, -0.1) is 0 Å². The van der Waals surface area contributed by atoms with Crippen LogP contribution in [0, 0.1) is 11.7 Å². The minimum atomic E-state index is -0.562. The van der Waals surface area contributed by atoms with E-state index in [0.29, 0.717) is 19.0 Å². The molecule has 18 heavy (non-hydrogen) atoms. The molecule has 0 aromatic heterocycles. The number of phenols is 1. The van der Waals surface area contributed by atoms with Gasteiger partial charge in [0.25, 0.3) is 5.91 Å². The SMILES string of the molecule is CC1CC(N)CN(C(=O)c2ccc(F)cc2O)C1. The summed E-state index contributed by atoms with van der Waals surface area (Å²) in [6, 6.07) is 3.37. The van der Waals surface area contributed by atoms with E-state index in [-0.39, 0.29) is 23.3 Å². The standard InChI is InChI=1S/C13H17FN2O2/c1-8-4-10(15)7-16(6-8)13(18)11-3-2-9(14)5-12(11)17/h2-3,5,8,10,17H,4,6-7,15H2,1H3. The monoisotopic (exact) mass is 252 g/mol. The van der Waals surface area contributed by atoms with Crippen molar-refractivity contribution in [2.24, 2.45) is 11.7 Å². The first-order valence-electron chi connectivity index (χ1n) is 6.00. The highest BCUT2D eigenvalue weighted by Crippen LogP contribution is 2.23. The lowest BCUT2D eigenvalue weighted by molar-refractivity contribution is 0.0658. The van der Waals surface area contributed by atoms with Crippen molar-refractivity contribution >= 4 is 5.91 Å². The molecule has 2 unspecified atom stereocenters. The minimum absolute atomic E-state index is 0.0414. The predicted molar refractivity (Wildman–Crippen MR) is 65.7 cm³/mol. The van der Waals surface area contributed by atoms with Gasteiger partial charge in [-0.1, -0.05) is 6.92 Å². The van der Waals surface area contributed by atoms with Gasteiger partial charge in [0.05, 0.1) is 5.56 Å². The quantitative estimate of drug-likeness (QED) is 0.792. The highest BCUT2D eigenvalue weighted by molar-refractivity contribution is 5.96. The topological polar surface area (TPSA) is 66.6 Å². The van der Waals surface area contributed by atoms with Crippen molar-refractivity contribution < 1.29 is 14.3 Å². The van der Waals surface area contributed by atoms with E-state index in [0.717, 1.165) is 12.5 Å². The number of phenolic OH excluding ortho intramolecular Hbond substituents is 1. The van der Waals surface area contributed by atoms with Crippen molar-refractivity contribution in [3.05, 3.63) is 29.6 Å². The van der Waals surface area contributed by atoms with Gasteiger partial charge in [0.15, 0.2) is 0 Å². The molecule has 0 spiro atoms. The largest absolute Gasteiger partial charge is 0.507 e. The van der Waals surface area contributed by atoms with E-state index in [1.54, 1.807) is 4.90 Å². The lowest BCUT2D eigenvalue weighted by Crippen LogP contribution is -2.48. The molecule has 1 aliphatic heterocycles. The van der Waals surface area contributed by atoms with Crippen LogP contribution < -0.4 is 5.73 Å². The first-order valence-corrected chi connectivity index (χ1v) is 6.00. The Morgan fingerprint density at radius 3 is 2.83 bits per heavy atom. The Labute approximate surface area is 105 Å². The third-order valence-electron chi connectivity index (χ3n) is 3.17. The van der Waals surface area contributed by atoms with Crippen LogP contribution in [0.25, 0.3) is 0 Å². The van der Waals surface area contributed by atoms with Crippen molar-refractivity contribution in [3.8, 4) is 5.75 Å². The molecule has 98 valence electrons. The molecule has 0 radical (unpaired) electrons. The Morgan fingerprint density at radius 2 is 2.22 bits per heavy atom. The zero-order valence-corrected chi connectivity index (χ0v) is 10.3. The summed E-state index contributed by atoms with van der Waals surface area (Å²) in [5.74, 6) is -0.852. The number of aromatic hydroxyl groups is 1. The van der Waals surface area contributed by atoms with E-state index in [4.69, 9.17) is 5.73 Å². The molecule has 1 heterocycles. The zero-order chi connectivity index (χ0) is 13.3. The van der Waals surface area contributed by atoms with Crippen molar-refractivity contribution in [2.45, 2.75) is 19.4 Å². The number of likely N-dealkylation sites (tertiary alicyclic amines) is 1. The summed E-state index contributed by atoms with van der Waals surface area (Å²) in [7, 11) is 0. The molecule has 1 fully saturated rings. The number of amides is 1. The second-order valence-electron chi connectivity index (χ2n) is 4.97. The number of benzene rings is 1. The van der Waals surface area contributed by atoms with E-state index < -0.39 is 5.82 Å². The Bertz CT molecular complexity index is 454. The Morgan fingerprint density at radius 1 is 1.50 bits per heavy atom. The summed E-state index contributed by atoms with van der Waals surface area (Å²) >= 11 is 0. The first-order chi connectivity index (χ1) is 8.47. The van der Waals surface area contributed by atoms with Gasteiger partial charge in [0.2, 0.25) is 0 Å². The van der Waals surface area contributed by atoms with E-state index in [1.807, 2.05) is 6.92 Å². The minimum Gasteiger partial charge on any atom is -0.507 e. The lowest BCUT2D eigenvalue weighted by atomic mass is 9.96. The number of hydrogen-bond acceptors (Lipinski definition) is 3. The Hall–Kier alpha value is -1.62. The fraction of sp³-hybridized carbons (Fsp3) is 0.462. The molecule has 4 nitrogen and oxygen atoms in total. The van der Waals surface area contributed by atoms with Crippen molar-refractivity contribution in [3.63, 3.8) is 0 Å². The summed E-state index contributed by atoms with van der Waals surface area (Å²) in [5, 5.41) is 9.61. The number of piperidine rings is 1. The van der Waals surface area contributed by atoms with Crippen LogP contribution in [0.1, 0.15) is 23.7 Å². The summed E-state index contributed by atoms with van der Waals surface area (Å²) in [4.78, 5) is 13.8. The van der Waals surface area contributed by atoms with Gasteiger partial charge >= 0.3 is 0 Å². The average Bonchev–Trinajstić information content (AvgIpc) is 2.26. The second-order valence-corrected chi connectivity index (χ2v) is 4.97. The smallest absolute Gasteiger partial charge is 0.257 e. The van der Waals surface area contributed by atoms with Crippen LogP contribution >= 0.6 is 0 Å². The highest BCUT2D eigenvalue weighted by atomic mass is 19.1. The molecule has 1 aromatic rings. The van der Waals surface area contributed by atoms with Crippen LogP contribution in [0.3, 0.4) is 0 Å². The molecule has 1 aromatic carbocycles.